The second-order valence-electron chi connectivity index (χ2n) is 7.90. The van der Waals surface area contributed by atoms with Gasteiger partial charge in [0.1, 0.15) is 6.04 Å². The van der Waals surface area contributed by atoms with Crippen LogP contribution in [0, 0.1) is 0 Å². The number of ether oxygens (including phenoxy) is 2. The van der Waals surface area contributed by atoms with E-state index in [2.05, 4.69) is 5.32 Å². The fourth-order valence-electron chi connectivity index (χ4n) is 4.00. The first-order chi connectivity index (χ1) is 16.3. The molecule has 1 atom stereocenters. The predicted octanol–water partition coefficient (Wildman–Crippen LogP) is 3.79. The number of hydrogen-bond donors (Lipinski definition) is 1. The summed E-state index contributed by atoms with van der Waals surface area (Å²) in [6.45, 7) is 0.351. The zero-order valence-electron chi connectivity index (χ0n) is 18.8. The third kappa shape index (κ3) is 4.89. The van der Waals surface area contributed by atoms with Crippen molar-refractivity contribution in [1.29, 1.82) is 0 Å². The standard InChI is InChI=1S/C25H25ClN2O5S/c1-32-23-12-11-21(14-24(23)33-2)34(30,31)28-16-19-6-4-3-5-18(19)13-22(28)25(29)27-15-17-7-9-20(26)10-8-17/h3-12,14,22H,13,15-16H2,1-2H3,(H,27,29). The lowest BCUT2D eigenvalue weighted by Crippen LogP contribution is -2.52. The van der Waals surface area contributed by atoms with E-state index < -0.39 is 16.1 Å². The number of hydrogen-bond acceptors (Lipinski definition) is 5. The van der Waals surface area contributed by atoms with Gasteiger partial charge in [0.2, 0.25) is 15.9 Å². The van der Waals surface area contributed by atoms with E-state index in [4.69, 9.17) is 21.1 Å². The highest BCUT2D eigenvalue weighted by atomic mass is 35.5. The van der Waals surface area contributed by atoms with Gasteiger partial charge in [-0.1, -0.05) is 48.0 Å². The molecule has 4 rings (SSSR count). The van der Waals surface area contributed by atoms with Crippen LogP contribution in [0.3, 0.4) is 0 Å². The summed E-state index contributed by atoms with van der Waals surface area (Å²) < 4.78 is 39.2. The van der Waals surface area contributed by atoms with E-state index >= 15 is 0 Å². The van der Waals surface area contributed by atoms with E-state index in [1.807, 2.05) is 36.4 Å². The number of methoxy groups -OCH3 is 2. The highest BCUT2D eigenvalue weighted by Gasteiger charge is 2.39. The normalized spacial score (nSPS) is 15.9. The van der Waals surface area contributed by atoms with E-state index in [0.717, 1.165) is 16.7 Å². The maximum Gasteiger partial charge on any atom is 0.244 e. The van der Waals surface area contributed by atoms with Crippen LogP contribution >= 0.6 is 11.6 Å². The minimum Gasteiger partial charge on any atom is -0.493 e. The van der Waals surface area contributed by atoms with Crippen molar-refractivity contribution in [2.75, 3.05) is 14.2 Å². The van der Waals surface area contributed by atoms with Gasteiger partial charge in [0.05, 0.1) is 19.1 Å². The predicted molar refractivity (Wildman–Crippen MR) is 130 cm³/mol. The molecule has 0 saturated carbocycles. The number of carbonyl (C=O) groups excluding carboxylic acids is 1. The molecule has 3 aromatic rings. The van der Waals surface area contributed by atoms with Crippen molar-refractivity contribution >= 4 is 27.5 Å². The van der Waals surface area contributed by atoms with Gasteiger partial charge in [-0.05, 0) is 47.4 Å². The Labute approximate surface area is 204 Å². The number of fused-ring (bicyclic) bond motifs is 1. The van der Waals surface area contributed by atoms with Crippen molar-refractivity contribution in [1.82, 2.24) is 9.62 Å². The maximum absolute atomic E-state index is 13.7. The smallest absolute Gasteiger partial charge is 0.244 e. The Morgan fingerprint density at radius 3 is 2.35 bits per heavy atom. The van der Waals surface area contributed by atoms with Gasteiger partial charge in [-0.15, -0.1) is 0 Å². The van der Waals surface area contributed by atoms with Crippen LogP contribution < -0.4 is 14.8 Å². The average molecular weight is 501 g/mol. The van der Waals surface area contributed by atoms with E-state index in [9.17, 15) is 13.2 Å². The molecule has 0 fully saturated rings. The molecule has 1 N–H and O–H groups in total. The summed E-state index contributed by atoms with van der Waals surface area (Å²) in [7, 11) is -1.10. The van der Waals surface area contributed by atoms with Crippen molar-refractivity contribution in [2.24, 2.45) is 0 Å². The van der Waals surface area contributed by atoms with Gasteiger partial charge in [0.25, 0.3) is 0 Å². The number of nitrogens with zero attached hydrogens (tertiary/aromatic N) is 1. The Bertz CT molecular complexity index is 1290. The van der Waals surface area contributed by atoms with Gasteiger partial charge in [0, 0.05) is 24.2 Å². The Balaban J connectivity index is 1.66. The molecular weight excluding hydrogens is 476 g/mol. The summed E-state index contributed by atoms with van der Waals surface area (Å²) in [5, 5.41) is 3.48. The van der Waals surface area contributed by atoms with E-state index in [-0.39, 0.29) is 30.3 Å². The molecule has 0 spiro atoms. The van der Waals surface area contributed by atoms with Gasteiger partial charge in [0.15, 0.2) is 11.5 Å². The molecule has 34 heavy (non-hydrogen) atoms. The molecule has 3 aromatic carbocycles. The largest absolute Gasteiger partial charge is 0.493 e. The Hall–Kier alpha value is -3.07. The number of sulfonamides is 1. The molecule has 7 nitrogen and oxygen atoms in total. The molecule has 1 amide bonds. The molecule has 0 aliphatic carbocycles. The molecular formula is C25H25ClN2O5S. The van der Waals surface area contributed by atoms with Crippen molar-refractivity contribution in [3.05, 3.63) is 88.4 Å². The zero-order chi connectivity index (χ0) is 24.3. The van der Waals surface area contributed by atoms with Gasteiger partial charge in [-0.2, -0.15) is 4.31 Å². The average Bonchev–Trinajstić information content (AvgIpc) is 2.86. The number of carbonyl (C=O) groups is 1. The molecule has 0 radical (unpaired) electrons. The molecule has 0 aromatic heterocycles. The number of amides is 1. The summed E-state index contributed by atoms with van der Waals surface area (Å²) in [6.07, 6.45) is 0.273. The number of benzene rings is 3. The van der Waals surface area contributed by atoms with Crippen LogP contribution in [0.15, 0.2) is 71.6 Å². The molecule has 1 aliphatic heterocycles. The fourth-order valence-corrected chi connectivity index (χ4v) is 5.70. The number of rotatable bonds is 7. The lowest BCUT2D eigenvalue weighted by molar-refractivity contribution is -0.125. The molecule has 1 heterocycles. The fraction of sp³-hybridized carbons (Fsp3) is 0.240. The molecule has 0 saturated heterocycles. The molecule has 178 valence electrons. The number of halogens is 1. The minimum absolute atomic E-state index is 0.0278. The highest BCUT2D eigenvalue weighted by molar-refractivity contribution is 7.89. The van der Waals surface area contributed by atoms with Crippen molar-refractivity contribution in [2.45, 2.75) is 30.4 Å². The monoisotopic (exact) mass is 500 g/mol. The SMILES string of the molecule is COc1ccc(S(=O)(=O)N2Cc3ccccc3CC2C(=O)NCc2ccc(Cl)cc2)cc1OC. The third-order valence-electron chi connectivity index (χ3n) is 5.85. The second kappa shape index (κ2) is 10.0. The molecule has 9 heteroatoms. The van der Waals surface area contributed by atoms with Crippen molar-refractivity contribution < 1.29 is 22.7 Å². The van der Waals surface area contributed by atoms with Gasteiger partial charge in [-0.3, -0.25) is 4.79 Å². The maximum atomic E-state index is 13.7. The quantitative estimate of drug-likeness (QED) is 0.533. The van der Waals surface area contributed by atoms with Crippen LogP contribution in [0.25, 0.3) is 0 Å². The van der Waals surface area contributed by atoms with Crippen LogP contribution in [0.2, 0.25) is 5.02 Å². The minimum atomic E-state index is -4.03. The van der Waals surface area contributed by atoms with Crippen molar-refractivity contribution in [3.63, 3.8) is 0 Å². The molecule has 1 unspecified atom stereocenters. The van der Waals surface area contributed by atoms with Crippen LogP contribution in [-0.4, -0.2) is 38.9 Å². The van der Waals surface area contributed by atoms with Crippen LogP contribution in [0.1, 0.15) is 16.7 Å². The van der Waals surface area contributed by atoms with E-state index in [0.29, 0.717) is 16.5 Å². The topological polar surface area (TPSA) is 84.9 Å². The summed E-state index contributed by atoms with van der Waals surface area (Å²) in [4.78, 5) is 13.3. The highest BCUT2D eigenvalue weighted by Crippen LogP contribution is 2.34. The lowest BCUT2D eigenvalue weighted by Gasteiger charge is -2.35. The Morgan fingerprint density at radius 1 is 1.00 bits per heavy atom. The van der Waals surface area contributed by atoms with Crippen LogP contribution in [0.4, 0.5) is 0 Å². The Morgan fingerprint density at radius 2 is 1.68 bits per heavy atom. The van der Waals surface area contributed by atoms with Gasteiger partial charge >= 0.3 is 0 Å². The molecule has 1 aliphatic rings. The Kier molecular flexibility index (Phi) is 7.11. The summed E-state index contributed by atoms with van der Waals surface area (Å²) in [6, 6.07) is 18.2. The molecule has 0 bridgehead atoms. The van der Waals surface area contributed by atoms with Crippen molar-refractivity contribution in [3.8, 4) is 11.5 Å². The third-order valence-corrected chi connectivity index (χ3v) is 7.95. The lowest BCUT2D eigenvalue weighted by atomic mass is 9.95. The summed E-state index contributed by atoms with van der Waals surface area (Å²) in [5.74, 6) is 0.348. The van der Waals surface area contributed by atoms with E-state index in [1.54, 1.807) is 18.2 Å². The van der Waals surface area contributed by atoms with Gasteiger partial charge in [-0.25, -0.2) is 8.42 Å². The summed E-state index contributed by atoms with van der Waals surface area (Å²) in [5.41, 5.74) is 2.68. The first kappa shape index (κ1) is 24.1. The van der Waals surface area contributed by atoms with Gasteiger partial charge < -0.3 is 14.8 Å². The number of nitrogens with one attached hydrogen (secondary N) is 1. The van der Waals surface area contributed by atoms with E-state index in [1.165, 1.54) is 30.7 Å². The first-order valence-electron chi connectivity index (χ1n) is 10.7. The summed E-state index contributed by atoms with van der Waals surface area (Å²) >= 11 is 5.93. The second-order valence-corrected chi connectivity index (χ2v) is 10.2. The van der Waals surface area contributed by atoms with Crippen LogP contribution in [0.5, 0.6) is 11.5 Å². The first-order valence-corrected chi connectivity index (χ1v) is 12.5. The van der Waals surface area contributed by atoms with Crippen LogP contribution in [-0.2, 0) is 34.3 Å². The zero-order valence-corrected chi connectivity index (χ0v) is 20.4.